The molecule has 2 unspecified atom stereocenters. The van der Waals surface area contributed by atoms with Gasteiger partial charge in [0.2, 0.25) is 0 Å². The number of hydrogen-bond donors (Lipinski definition) is 2. The minimum Gasteiger partial charge on any atom is -0.481 e. The van der Waals surface area contributed by atoms with Crippen LogP contribution in [0.5, 0.6) is 0 Å². The summed E-state index contributed by atoms with van der Waals surface area (Å²) in [6, 6.07) is 17.0. The van der Waals surface area contributed by atoms with E-state index in [-0.39, 0.29) is 13.2 Å². The number of ether oxygens (including phenoxy) is 4. The van der Waals surface area contributed by atoms with Crippen molar-refractivity contribution < 1.29 is 57.9 Å². The maximum atomic E-state index is 12.6. The van der Waals surface area contributed by atoms with Gasteiger partial charge in [-0.25, -0.2) is 9.59 Å². The molecule has 0 saturated carbocycles. The van der Waals surface area contributed by atoms with Gasteiger partial charge in [-0.1, -0.05) is 60.7 Å². The quantitative estimate of drug-likeness (QED) is 0.222. The minimum atomic E-state index is -3.00. The first-order valence-corrected chi connectivity index (χ1v) is 10.7. The Balaban J connectivity index is 1.98. The molecule has 0 spiro atoms. The molecule has 0 fully saturated rings. The SMILES string of the molecule is CC(C(=O)O)(C(=O)OCC(=O)OCc1ccccc1)C(C(=O)O)C(=O)OCC(=O)OCc1ccccc1. The standard InChI is InChI=1S/C25H24O12/c1-25(23(31)32,24(33)37-15-19(27)35-13-17-10-6-3-7-11-17)20(21(28)29)22(30)36-14-18(26)34-12-16-8-4-2-5-9-16/h2-11,20H,12-15H2,1H3,(H,28,29)(H,31,32). The number of carboxylic acids is 2. The number of aliphatic carboxylic acids is 2. The molecule has 0 saturated heterocycles. The van der Waals surface area contributed by atoms with Crippen molar-refractivity contribution >= 4 is 35.8 Å². The van der Waals surface area contributed by atoms with Gasteiger partial charge >= 0.3 is 35.8 Å². The summed E-state index contributed by atoms with van der Waals surface area (Å²) >= 11 is 0. The minimum absolute atomic E-state index is 0.154. The second kappa shape index (κ2) is 13.4. The fourth-order valence-electron chi connectivity index (χ4n) is 2.96. The van der Waals surface area contributed by atoms with Crippen LogP contribution in [0.15, 0.2) is 60.7 Å². The summed E-state index contributed by atoms with van der Waals surface area (Å²) < 4.78 is 19.1. The molecule has 12 heteroatoms. The van der Waals surface area contributed by atoms with Crippen LogP contribution in [0.3, 0.4) is 0 Å². The Morgan fingerprint density at radius 2 is 1.14 bits per heavy atom. The van der Waals surface area contributed by atoms with E-state index in [1.165, 1.54) is 0 Å². The van der Waals surface area contributed by atoms with Crippen LogP contribution in [-0.4, -0.2) is 59.2 Å². The summed E-state index contributed by atoms with van der Waals surface area (Å²) in [5.74, 6) is -12.2. The van der Waals surface area contributed by atoms with Gasteiger partial charge in [0.05, 0.1) is 0 Å². The summed E-state index contributed by atoms with van der Waals surface area (Å²) in [4.78, 5) is 72.4. The first-order chi connectivity index (χ1) is 17.6. The van der Waals surface area contributed by atoms with Gasteiger partial charge in [-0.15, -0.1) is 0 Å². The lowest BCUT2D eigenvalue weighted by Crippen LogP contribution is -2.51. The van der Waals surface area contributed by atoms with Crippen molar-refractivity contribution in [3.8, 4) is 0 Å². The van der Waals surface area contributed by atoms with Crippen molar-refractivity contribution in [3.63, 3.8) is 0 Å². The monoisotopic (exact) mass is 516 g/mol. The predicted octanol–water partition coefficient (Wildman–Crippen LogP) is 1.35. The van der Waals surface area contributed by atoms with Crippen molar-refractivity contribution in [2.45, 2.75) is 20.1 Å². The predicted molar refractivity (Wildman–Crippen MR) is 121 cm³/mol. The Morgan fingerprint density at radius 1 is 0.703 bits per heavy atom. The molecule has 2 N–H and O–H groups in total. The molecule has 0 aliphatic heterocycles. The van der Waals surface area contributed by atoms with Crippen LogP contribution in [0, 0.1) is 11.3 Å². The lowest BCUT2D eigenvalue weighted by atomic mass is 9.76. The van der Waals surface area contributed by atoms with Gasteiger partial charge in [0, 0.05) is 0 Å². The molecule has 2 rings (SSSR count). The van der Waals surface area contributed by atoms with Gasteiger partial charge in [0.1, 0.15) is 13.2 Å². The van der Waals surface area contributed by atoms with E-state index in [2.05, 4.69) is 9.47 Å². The smallest absolute Gasteiger partial charge is 0.344 e. The number of carbonyl (C=O) groups excluding carboxylic acids is 4. The zero-order chi connectivity index (χ0) is 27.4. The van der Waals surface area contributed by atoms with Crippen LogP contribution in [0.1, 0.15) is 18.1 Å². The highest BCUT2D eigenvalue weighted by atomic mass is 16.6. The number of carbonyl (C=O) groups is 6. The lowest BCUT2D eigenvalue weighted by Gasteiger charge is -2.27. The van der Waals surface area contributed by atoms with Gasteiger partial charge < -0.3 is 29.2 Å². The molecule has 0 heterocycles. The van der Waals surface area contributed by atoms with E-state index in [1.807, 2.05) is 0 Å². The van der Waals surface area contributed by atoms with Gasteiger partial charge in [-0.2, -0.15) is 0 Å². The molecule has 196 valence electrons. The van der Waals surface area contributed by atoms with E-state index >= 15 is 0 Å². The van der Waals surface area contributed by atoms with E-state index in [1.54, 1.807) is 60.7 Å². The van der Waals surface area contributed by atoms with Crippen LogP contribution < -0.4 is 0 Å². The Hall–Kier alpha value is -4.74. The second-order valence-electron chi connectivity index (χ2n) is 7.76. The Kier molecular flexibility index (Phi) is 10.3. The number of hydrogen-bond acceptors (Lipinski definition) is 10. The molecule has 2 atom stereocenters. The molecule has 12 nitrogen and oxygen atoms in total. The fraction of sp³-hybridized carbons (Fsp3) is 0.280. The third-order valence-corrected chi connectivity index (χ3v) is 5.07. The number of esters is 4. The van der Waals surface area contributed by atoms with Crippen molar-refractivity contribution in [1.29, 1.82) is 0 Å². The first-order valence-electron chi connectivity index (χ1n) is 10.7. The zero-order valence-corrected chi connectivity index (χ0v) is 19.7. The highest BCUT2D eigenvalue weighted by Gasteiger charge is 2.58. The van der Waals surface area contributed by atoms with Crippen LogP contribution in [0.25, 0.3) is 0 Å². The van der Waals surface area contributed by atoms with Gasteiger partial charge in [0.25, 0.3) is 0 Å². The molecule has 0 amide bonds. The summed E-state index contributed by atoms with van der Waals surface area (Å²) in [7, 11) is 0. The van der Waals surface area contributed by atoms with Crippen LogP contribution in [0.2, 0.25) is 0 Å². The number of benzene rings is 2. The van der Waals surface area contributed by atoms with E-state index < -0.39 is 60.4 Å². The third kappa shape index (κ3) is 8.16. The van der Waals surface area contributed by atoms with E-state index in [0.29, 0.717) is 18.1 Å². The molecule has 0 aliphatic carbocycles. The van der Waals surface area contributed by atoms with Crippen LogP contribution in [-0.2, 0) is 60.9 Å². The molecule has 2 aromatic rings. The van der Waals surface area contributed by atoms with E-state index in [9.17, 15) is 39.0 Å². The average molecular weight is 516 g/mol. The second-order valence-corrected chi connectivity index (χ2v) is 7.76. The zero-order valence-electron chi connectivity index (χ0n) is 19.7. The number of rotatable bonds is 13. The van der Waals surface area contributed by atoms with Crippen molar-refractivity contribution in [1.82, 2.24) is 0 Å². The fourth-order valence-corrected chi connectivity index (χ4v) is 2.96. The maximum absolute atomic E-state index is 12.6. The molecule has 0 bridgehead atoms. The average Bonchev–Trinajstić information content (AvgIpc) is 2.88. The van der Waals surface area contributed by atoms with Crippen molar-refractivity contribution in [2.75, 3.05) is 13.2 Å². The van der Waals surface area contributed by atoms with Gasteiger partial charge in [0.15, 0.2) is 24.5 Å². The molecular weight excluding hydrogens is 492 g/mol. The molecular formula is C25H24O12. The van der Waals surface area contributed by atoms with Crippen LogP contribution in [0.4, 0.5) is 0 Å². The molecule has 2 aromatic carbocycles. The molecule has 37 heavy (non-hydrogen) atoms. The summed E-state index contributed by atoms with van der Waals surface area (Å²) in [6.07, 6.45) is 0. The van der Waals surface area contributed by atoms with E-state index in [4.69, 9.17) is 9.47 Å². The van der Waals surface area contributed by atoms with Crippen molar-refractivity contribution in [2.24, 2.45) is 11.3 Å². The molecule has 0 aromatic heterocycles. The highest BCUT2D eigenvalue weighted by molar-refractivity contribution is 6.10. The molecule has 0 aliphatic rings. The lowest BCUT2D eigenvalue weighted by molar-refractivity contribution is -0.188. The van der Waals surface area contributed by atoms with E-state index in [0.717, 1.165) is 0 Å². The third-order valence-electron chi connectivity index (χ3n) is 5.07. The Bertz CT molecular complexity index is 1130. The first kappa shape index (κ1) is 28.5. The normalized spacial score (nSPS) is 12.8. The topological polar surface area (TPSA) is 180 Å². The largest absolute Gasteiger partial charge is 0.481 e. The van der Waals surface area contributed by atoms with Crippen LogP contribution >= 0.6 is 0 Å². The van der Waals surface area contributed by atoms with Crippen molar-refractivity contribution in [3.05, 3.63) is 71.8 Å². The molecule has 0 radical (unpaired) electrons. The Labute approximate surface area is 210 Å². The highest BCUT2D eigenvalue weighted by Crippen LogP contribution is 2.31. The summed E-state index contributed by atoms with van der Waals surface area (Å²) in [5.41, 5.74) is -1.74. The van der Waals surface area contributed by atoms with Gasteiger partial charge in [-0.3, -0.25) is 19.2 Å². The van der Waals surface area contributed by atoms with Gasteiger partial charge in [-0.05, 0) is 18.1 Å². The number of carboxylic acid groups (broad SMARTS) is 2. The summed E-state index contributed by atoms with van der Waals surface area (Å²) in [5, 5.41) is 19.1. The maximum Gasteiger partial charge on any atom is 0.344 e. The summed E-state index contributed by atoms with van der Waals surface area (Å²) in [6.45, 7) is -1.76. The Morgan fingerprint density at radius 3 is 1.54 bits per heavy atom.